The largest absolute Gasteiger partial charge is 0.478 e. The van der Waals surface area contributed by atoms with Crippen LogP contribution in [0.15, 0.2) is 41.7 Å². The van der Waals surface area contributed by atoms with E-state index in [9.17, 15) is 4.79 Å². The highest BCUT2D eigenvalue weighted by Crippen LogP contribution is 2.33. The van der Waals surface area contributed by atoms with Crippen molar-refractivity contribution in [2.24, 2.45) is 0 Å². The van der Waals surface area contributed by atoms with Gasteiger partial charge in [0.25, 0.3) is 5.91 Å². The highest BCUT2D eigenvalue weighted by atomic mass is 16.5. The van der Waals surface area contributed by atoms with Gasteiger partial charge in [-0.3, -0.25) is 4.79 Å². The number of rotatable bonds is 1. The van der Waals surface area contributed by atoms with E-state index >= 15 is 0 Å². The van der Waals surface area contributed by atoms with Crippen LogP contribution in [0.4, 0.5) is 0 Å². The predicted octanol–water partition coefficient (Wildman–Crippen LogP) is 2.90. The van der Waals surface area contributed by atoms with Crippen molar-refractivity contribution >= 4 is 5.91 Å². The molecule has 3 nitrogen and oxygen atoms in total. The topological polar surface area (TPSA) is 29.5 Å². The lowest BCUT2D eigenvalue weighted by Gasteiger charge is -2.38. The third-order valence-electron chi connectivity index (χ3n) is 3.39. The molecule has 0 aliphatic carbocycles. The molecule has 1 fully saturated rings. The van der Waals surface area contributed by atoms with E-state index in [0.717, 1.165) is 11.1 Å². The molecule has 18 heavy (non-hydrogen) atoms. The Hall–Kier alpha value is -1.77. The van der Waals surface area contributed by atoms with Gasteiger partial charge in [0.1, 0.15) is 6.10 Å². The number of likely N-dealkylation sites (N-methyl/N-ethyl adjacent to an activating group) is 1. The molecule has 1 aliphatic rings. The fraction of sp³-hybridized carbons (Fsp3) is 0.400. The van der Waals surface area contributed by atoms with Crippen molar-refractivity contribution in [1.82, 2.24) is 4.90 Å². The zero-order valence-electron chi connectivity index (χ0n) is 11.3. The first-order valence-corrected chi connectivity index (χ1v) is 6.18. The maximum absolute atomic E-state index is 12.1. The first kappa shape index (κ1) is 12.7. The van der Waals surface area contributed by atoms with Crippen molar-refractivity contribution in [2.75, 3.05) is 7.05 Å². The van der Waals surface area contributed by atoms with Crippen LogP contribution in [0.5, 0.6) is 0 Å². The van der Waals surface area contributed by atoms with Gasteiger partial charge >= 0.3 is 0 Å². The summed E-state index contributed by atoms with van der Waals surface area (Å²) < 4.78 is 5.92. The molecular formula is C15H19NO2. The summed E-state index contributed by atoms with van der Waals surface area (Å²) >= 11 is 0. The number of hydrogen-bond acceptors (Lipinski definition) is 2. The second kappa shape index (κ2) is 4.84. The molecule has 2 atom stereocenters. The van der Waals surface area contributed by atoms with Crippen LogP contribution in [0.25, 0.3) is 0 Å². The van der Waals surface area contributed by atoms with E-state index in [-0.39, 0.29) is 18.1 Å². The average molecular weight is 245 g/mol. The minimum atomic E-state index is -0.0983. The smallest absolute Gasteiger partial charge is 0.289 e. The van der Waals surface area contributed by atoms with Gasteiger partial charge in [-0.05, 0) is 31.9 Å². The molecule has 0 spiro atoms. The third kappa shape index (κ3) is 2.13. The Balaban J connectivity index is 2.38. The molecule has 2 rings (SSSR count). The van der Waals surface area contributed by atoms with E-state index in [0.29, 0.717) is 5.76 Å². The van der Waals surface area contributed by atoms with E-state index in [1.165, 1.54) is 0 Å². The molecule has 0 unspecified atom stereocenters. The molecule has 3 heteroatoms. The first-order chi connectivity index (χ1) is 8.52. The maximum atomic E-state index is 12.1. The number of allylic oxidation sites excluding steroid dienone is 1. The SMILES string of the molecule is CC(C)=C1O[C@H](c2ccccc2)[C@H](C)N(C)C1=O. The molecule has 1 aromatic carbocycles. The minimum Gasteiger partial charge on any atom is -0.478 e. The van der Waals surface area contributed by atoms with E-state index in [1.807, 2.05) is 58.2 Å². The van der Waals surface area contributed by atoms with Crippen molar-refractivity contribution in [3.63, 3.8) is 0 Å². The van der Waals surface area contributed by atoms with E-state index in [2.05, 4.69) is 0 Å². The summed E-state index contributed by atoms with van der Waals surface area (Å²) in [5, 5.41) is 0. The van der Waals surface area contributed by atoms with Crippen molar-refractivity contribution < 1.29 is 9.53 Å². The maximum Gasteiger partial charge on any atom is 0.289 e. The van der Waals surface area contributed by atoms with Crippen LogP contribution >= 0.6 is 0 Å². The Kier molecular flexibility index (Phi) is 3.41. The molecule has 1 saturated heterocycles. The molecule has 0 saturated carbocycles. The van der Waals surface area contributed by atoms with Crippen LogP contribution in [0.1, 0.15) is 32.4 Å². The molecule has 0 N–H and O–H groups in total. The van der Waals surface area contributed by atoms with Gasteiger partial charge in [0, 0.05) is 7.05 Å². The number of nitrogens with zero attached hydrogens (tertiary/aromatic N) is 1. The highest BCUT2D eigenvalue weighted by molar-refractivity contribution is 5.92. The zero-order chi connectivity index (χ0) is 13.3. The van der Waals surface area contributed by atoms with Crippen molar-refractivity contribution in [2.45, 2.75) is 32.9 Å². The second-order valence-corrected chi connectivity index (χ2v) is 4.93. The van der Waals surface area contributed by atoms with Crippen LogP contribution in [0.3, 0.4) is 0 Å². The molecular weight excluding hydrogens is 226 g/mol. The Bertz CT molecular complexity index is 475. The number of ether oxygens (including phenoxy) is 1. The standard InChI is InChI=1S/C15H19NO2/c1-10(2)13-15(17)16(4)11(3)14(18-13)12-8-6-5-7-9-12/h5-9,11,14H,1-4H3/t11-,14-/m0/s1. The van der Waals surface area contributed by atoms with Gasteiger partial charge in [-0.1, -0.05) is 30.3 Å². The lowest BCUT2D eigenvalue weighted by atomic mass is 10.00. The number of carbonyl (C=O) groups is 1. The predicted molar refractivity (Wildman–Crippen MR) is 70.9 cm³/mol. The molecule has 96 valence electrons. The van der Waals surface area contributed by atoms with Crippen molar-refractivity contribution in [3.05, 3.63) is 47.2 Å². The number of morpholine rings is 1. The van der Waals surface area contributed by atoms with E-state index in [1.54, 1.807) is 4.90 Å². The summed E-state index contributed by atoms with van der Waals surface area (Å²) in [4.78, 5) is 13.9. The van der Waals surface area contributed by atoms with Gasteiger partial charge < -0.3 is 9.64 Å². The quantitative estimate of drug-likeness (QED) is 0.712. The number of hydrogen-bond donors (Lipinski definition) is 0. The Morgan fingerprint density at radius 3 is 2.39 bits per heavy atom. The van der Waals surface area contributed by atoms with Crippen LogP contribution in [0, 0.1) is 0 Å². The summed E-state index contributed by atoms with van der Waals surface area (Å²) in [7, 11) is 1.83. The van der Waals surface area contributed by atoms with Gasteiger partial charge in [-0.2, -0.15) is 0 Å². The number of carbonyl (C=O) groups excluding carboxylic acids is 1. The Labute approximate surface area is 108 Å². The van der Waals surface area contributed by atoms with Crippen LogP contribution in [-0.2, 0) is 9.53 Å². The van der Waals surface area contributed by atoms with Gasteiger partial charge in [0.05, 0.1) is 6.04 Å². The molecule has 0 aromatic heterocycles. The highest BCUT2D eigenvalue weighted by Gasteiger charge is 2.36. The summed E-state index contributed by atoms with van der Waals surface area (Å²) in [5.41, 5.74) is 2.02. The van der Waals surface area contributed by atoms with E-state index < -0.39 is 0 Å². The molecule has 1 aliphatic heterocycles. The first-order valence-electron chi connectivity index (χ1n) is 6.18. The third-order valence-corrected chi connectivity index (χ3v) is 3.39. The van der Waals surface area contributed by atoms with Gasteiger partial charge in [-0.15, -0.1) is 0 Å². The number of amides is 1. The van der Waals surface area contributed by atoms with Gasteiger partial charge in [0.2, 0.25) is 0 Å². The lowest BCUT2D eigenvalue weighted by molar-refractivity contribution is -0.143. The average Bonchev–Trinajstić information content (AvgIpc) is 2.37. The summed E-state index contributed by atoms with van der Waals surface area (Å²) in [6.45, 7) is 5.82. The summed E-state index contributed by atoms with van der Waals surface area (Å²) in [5.74, 6) is 0.444. The summed E-state index contributed by atoms with van der Waals surface area (Å²) in [6, 6.07) is 10.1. The molecule has 1 heterocycles. The molecule has 1 aromatic rings. The van der Waals surface area contributed by atoms with Gasteiger partial charge in [-0.25, -0.2) is 0 Å². The molecule has 0 bridgehead atoms. The van der Waals surface area contributed by atoms with Crippen LogP contribution < -0.4 is 0 Å². The van der Waals surface area contributed by atoms with Crippen molar-refractivity contribution in [3.8, 4) is 0 Å². The number of benzene rings is 1. The Morgan fingerprint density at radius 2 is 1.83 bits per heavy atom. The fourth-order valence-electron chi connectivity index (χ4n) is 2.15. The zero-order valence-corrected chi connectivity index (χ0v) is 11.3. The Morgan fingerprint density at radius 1 is 1.22 bits per heavy atom. The monoisotopic (exact) mass is 245 g/mol. The van der Waals surface area contributed by atoms with Crippen molar-refractivity contribution in [1.29, 1.82) is 0 Å². The van der Waals surface area contributed by atoms with Gasteiger partial charge in [0.15, 0.2) is 5.76 Å². The van der Waals surface area contributed by atoms with E-state index in [4.69, 9.17) is 4.74 Å². The molecule has 0 radical (unpaired) electrons. The van der Waals surface area contributed by atoms with Crippen LogP contribution in [0.2, 0.25) is 0 Å². The normalized spacial score (nSPS) is 23.9. The summed E-state index contributed by atoms with van der Waals surface area (Å²) in [6.07, 6.45) is -0.0983. The fourth-order valence-corrected chi connectivity index (χ4v) is 2.15. The second-order valence-electron chi connectivity index (χ2n) is 4.93. The minimum absolute atomic E-state index is 0.0306. The van der Waals surface area contributed by atoms with Crippen LogP contribution in [-0.4, -0.2) is 23.9 Å². The lowest BCUT2D eigenvalue weighted by Crippen LogP contribution is -2.46. The molecule has 1 amide bonds.